The van der Waals surface area contributed by atoms with Crippen molar-refractivity contribution in [3.63, 3.8) is 0 Å². The maximum absolute atomic E-state index is 11.8. The molecule has 4 heteroatoms. The minimum absolute atomic E-state index is 0.0740. The van der Waals surface area contributed by atoms with E-state index in [9.17, 15) is 4.79 Å². The van der Waals surface area contributed by atoms with Crippen LogP contribution < -0.4 is 10.6 Å². The van der Waals surface area contributed by atoms with Crippen LogP contribution in [0.1, 0.15) is 26.5 Å². The average Bonchev–Trinajstić information content (AvgIpc) is 2.78. The molecule has 0 aromatic carbocycles. The highest BCUT2D eigenvalue weighted by Crippen LogP contribution is 2.20. The Balaban J connectivity index is 2.00. The van der Waals surface area contributed by atoms with Crippen LogP contribution in [0.4, 0.5) is 0 Å². The average molecular weight is 224 g/mol. The maximum Gasteiger partial charge on any atom is 0.261 e. The molecule has 2 N–H and O–H groups in total. The minimum atomic E-state index is 0.0740. The molecule has 0 radical (unpaired) electrons. The van der Waals surface area contributed by atoms with Crippen LogP contribution in [0.15, 0.2) is 6.07 Å². The molecular weight excluding hydrogens is 208 g/mol. The molecule has 1 atom stereocenters. The highest BCUT2D eigenvalue weighted by molar-refractivity contribution is 7.14. The smallest absolute Gasteiger partial charge is 0.261 e. The Kier molecular flexibility index (Phi) is 3.07. The summed E-state index contributed by atoms with van der Waals surface area (Å²) < 4.78 is 0. The van der Waals surface area contributed by atoms with Gasteiger partial charge in [-0.05, 0) is 38.4 Å². The van der Waals surface area contributed by atoms with Crippen molar-refractivity contribution >= 4 is 17.2 Å². The van der Waals surface area contributed by atoms with Gasteiger partial charge in [0.15, 0.2) is 0 Å². The summed E-state index contributed by atoms with van der Waals surface area (Å²) in [6.07, 6.45) is 1.04. The number of rotatable bonds is 2. The van der Waals surface area contributed by atoms with Gasteiger partial charge in [-0.2, -0.15) is 0 Å². The van der Waals surface area contributed by atoms with Gasteiger partial charge in [0.05, 0.1) is 4.88 Å². The predicted octanol–water partition coefficient (Wildman–Crippen LogP) is 1.46. The third-order valence-corrected chi connectivity index (χ3v) is 3.94. The highest BCUT2D eigenvalue weighted by Gasteiger charge is 2.18. The summed E-state index contributed by atoms with van der Waals surface area (Å²) in [7, 11) is 0. The summed E-state index contributed by atoms with van der Waals surface area (Å²) in [4.78, 5) is 13.9. The zero-order chi connectivity index (χ0) is 10.8. The van der Waals surface area contributed by atoms with E-state index in [1.165, 1.54) is 10.4 Å². The van der Waals surface area contributed by atoms with Crippen LogP contribution in [0.5, 0.6) is 0 Å². The molecule has 2 rings (SSSR count). The van der Waals surface area contributed by atoms with Crippen molar-refractivity contribution in [1.82, 2.24) is 10.6 Å². The lowest BCUT2D eigenvalue weighted by atomic mass is 10.2. The third-order valence-electron chi connectivity index (χ3n) is 2.79. The lowest BCUT2D eigenvalue weighted by molar-refractivity contribution is 0.0944. The van der Waals surface area contributed by atoms with E-state index in [4.69, 9.17) is 0 Å². The van der Waals surface area contributed by atoms with Gasteiger partial charge in [-0.3, -0.25) is 4.79 Å². The SMILES string of the molecule is Cc1cc(C(=O)NC2CCNC2)sc1C. The summed E-state index contributed by atoms with van der Waals surface area (Å²) in [6, 6.07) is 2.28. The minimum Gasteiger partial charge on any atom is -0.347 e. The normalized spacial score (nSPS) is 20.5. The quantitative estimate of drug-likeness (QED) is 0.798. The fourth-order valence-corrected chi connectivity index (χ4v) is 2.66. The number of hydrogen-bond donors (Lipinski definition) is 2. The molecular formula is C11H16N2OS. The summed E-state index contributed by atoms with van der Waals surface area (Å²) in [5, 5.41) is 6.28. The molecule has 15 heavy (non-hydrogen) atoms. The van der Waals surface area contributed by atoms with Crippen molar-refractivity contribution < 1.29 is 4.79 Å². The molecule has 1 fully saturated rings. The molecule has 2 heterocycles. The van der Waals surface area contributed by atoms with Crippen LogP contribution in [0, 0.1) is 13.8 Å². The van der Waals surface area contributed by atoms with Gasteiger partial charge in [-0.1, -0.05) is 0 Å². The molecule has 82 valence electrons. The van der Waals surface area contributed by atoms with Gasteiger partial charge in [-0.25, -0.2) is 0 Å². The number of aryl methyl sites for hydroxylation is 2. The molecule has 1 amide bonds. The monoisotopic (exact) mass is 224 g/mol. The second-order valence-electron chi connectivity index (χ2n) is 4.01. The standard InChI is InChI=1S/C11H16N2OS/c1-7-5-10(15-8(7)2)11(14)13-9-3-4-12-6-9/h5,9,12H,3-4,6H2,1-2H3,(H,13,14). The molecule has 1 aromatic rings. The zero-order valence-corrected chi connectivity index (χ0v) is 9.91. The molecule has 0 spiro atoms. The first-order valence-corrected chi connectivity index (χ1v) is 6.07. The van der Waals surface area contributed by atoms with E-state index >= 15 is 0 Å². The van der Waals surface area contributed by atoms with Gasteiger partial charge < -0.3 is 10.6 Å². The summed E-state index contributed by atoms with van der Waals surface area (Å²) in [6.45, 7) is 6.00. The Hall–Kier alpha value is -0.870. The zero-order valence-electron chi connectivity index (χ0n) is 9.09. The Labute approximate surface area is 93.9 Å². The van der Waals surface area contributed by atoms with Crippen molar-refractivity contribution in [3.05, 3.63) is 21.4 Å². The second kappa shape index (κ2) is 4.33. The Morgan fingerprint density at radius 3 is 2.93 bits per heavy atom. The van der Waals surface area contributed by atoms with E-state index in [-0.39, 0.29) is 5.91 Å². The molecule has 0 saturated carbocycles. The topological polar surface area (TPSA) is 41.1 Å². The molecule has 3 nitrogen and oxygen atoms in total. The fraction of sp³-hybridized carbons (Fsp3) is 0.545. The lowest BCUT2D eigenvalue weighted by Gasteiger charge is -2.09. The number of thiophene rings is 1. The van der Waals surface area contributed by atoms with Crippen LogP contribution in [0.3, 0.4) is 0 Å². The molecule has 1 aliphatic heterocycles. The van der Waals surface area contributed by atoms with Crippen molar-refractivity contribution in [2.45, 2.75) is 26.3 Å². The van der Waals surface area contributed by atoms with Gasteiger partial charge >= 0.3 is 0 Å². The van der Waals surface area contributed by atoms with Gasteiger partial charge in [0.1, 0.15) is 0 Å². The first-order chi connectivity index (χ1) is 7.16. The van der Waals surface area contributed by atoms with E-state index in [1.807, 2.05) is 19.9 Å². The first kappa shape index (κ1) is 10.6. The highest BCUT2D eigenvalue weighted by atomic mass is 32.1. The molecule has 1 unspecified atom stereocenters. The predicted molar refractivity (Wildman–Crippen MR) is 62.5 cm³/mol. The second-order valence-corrected chi connectivity index (χ2v) is 5.27. The van der Waals surface area contributed by atoms with Crippen LogP contribution in [-0.2, 0) is 0 Å². The number of carbonyl (C=O) groups excluding carboxylic acids is 1. The number of carbonyl (C=O) groups is 1. The van der Waals surface area contributed by atoms with E-state index in [1.54, 1.807) is 11.3 Å². The van der Waals surface area contributed by atoms with E-state index < -0.39 is 0 Å². The van der Waals surface area contributed by atoms with Crippen molar-refractivity contribution in [3.8, 4) is 0 Å². The molecule has 1 aromatic heterocycles. The third kappa shape index (κ3) is 2.38. The number of amides is 1. The Bertz CT molecular complexity index is 347. The summed E-state index contributed by atoms with van der Waals surface area (Å²) in [5.41, 5.74) is 1.20. The summed E-state index contributed by atoms with van der Waals surface area (Å²) >= 11 is 1.57. The van der Waals surface area contributed by atoms with Crippen LogP contribution in [-0.4, -0.2) is 25.0 Å². The van der Waals surface area contributed by atoms with Crippen LogP contribution in [0.25, 0.3) is 0 Å². The van der Waals surface area contributed by atoms with Crippen molar-refractivity contribution in [2.24, 2.45) is 0 Å². The molecule has 1 aliphatic rings. The van der Waals surface area contributed by atoms with Gasteiger partial charge in [0, 0.05) is 17.5 Å². The van der Waals surface area contributed by atoms with E-state index in [0.717, 1.165) is 24.4 Å². The largest absolute Gasteiger partial charge is 0.347 e. The fourth-order valence-electron chi connectivity index (χ4n) is 1.72. The van der Waals surface area contributed by atoms with E-state index in [2.05, 4.69) is 10.6 Å². The van der Waals surface area contributed by atoms with Crippen LogP contribution in [0.2, 0.25) is 0 Å². The Morgan fingerprint density at radius 1 is 1.60 bits per heavy atom. The van der Waals surface area contributed by atoms with E-state index in [0.29, 0.717) is 6.04 Å². The first-order valence-electron chi connectivity index (χ1n) is 5.25. The van der Waals surface area contributed by atoms with Gasteiger partial charge in [-0.15, -0.1) is 11.3 Å². The molecule has 0 bridgehead atoms. The molecule has 1 saturated heterocycles. The lowest BCUT2D eigenvalue weighted by Crippen LogP contribution is -2.35. The van der Waals surface area contributed by atoms with Crippen molar-refractivity contribution in [2.75, 3.05) is 13.1 Å². The summed E-state index contributed by atoms with van der Waals surface area (Å²) in [5.74, 6) is 0.0740. The van der Waals surface area contributed by atoms with Gasteiger partial charge in [0.25, 0.3) is 5.91 Å². The number of hydrogen-bond acceptors (Lipinski definition) is 3. The number of nitrogens with one attached hydrogen (secondary N) is 2. The van der Waals surface area contributed by atoms with Crippen molar-refractivity contribution in [1.29, 1.82) is 0 Å². The maximum atomic E-state index is 11.8. The van der Waals surface area contributed by atoms with Gasteiger partial charge in [0.2, 0.25) is 0 Å². The van der Waals surface area contributed by atoms with Crippen LogP contribution >= 0.6 is 11.3 Å². The Morgan fingerprint density at radius 2 is 2.40 bits per heavy atom. The molecule has 0 aliphatic carbocycles.